The van der Waals surface area contributed by atoms with E-state index >= 15 is 0 Å². The molecule has 35 heavy (non-hydrogen) atoms. The lowest BCUT2D eigenvalue weighted by molar-refractivity contribution is -0.139. The van der Waals surface area contributed by atoms with Crippen molar-refractivity contribution in [1.82, 2.24) is 5.32 Å². The molecule has 1 unspecified atom stereocenters. The third-order valence-electron chi connectivity index (χ3n) is 5.23. The van der Waals surface area contributed by atoms with Crippen molar-refractivity contribution in [2.45, 2.75) is 25.9 Å². The Balaban J connectivity index is 1.79. The number of carbonyl (C=O) groups is 3. The van der Waals surface area contributed by atoms with E-state index in [2.05, 4.69) is 11.9 Å². The standard InChI is InChI=1S/C26H25NO7S/c1-16-5-3-4-6-20(16)21(26(31)32)9-11-33-23-13-19(34-14-18-10-12-35-15-18)7-8-22(23)24(28)27-17(2)25(29)30/h3-8,10,12-13,15,21H,2,9,11,14H2,1H3,(H,27,28)(H,29,30)(H,31,32). The molecule has 0 saturated heterocycles. The number of aliphatic carboxylic acids is 2. The predicted octanol–water partition coefficient (Wildman–Crippen LogP) is 4.60. The maximum atomic E-state index is 12.7. The molecular weight excluding hydrogens is 470 g/mol. The molecule has 3 N–H and O–H groups in total. The first kappa shape index (κ1) is 25.5. The van der Waals surface area contributed by atoms with Gasteiger partial charge in [-0.2, -0.15) is 11.3 Å². The number of amides is 1. The molecule has 1 amide bonds. The molecule has 0 spiro atoms. The number of carboxylic acids is 2. The Morgan fingerprint density at radius 2 is 1.86 bits per heavy atom. The predicted molar refractivity (Wildman–Crippen MR) is 131 cm³/mol. The third kappa shape index (κ3) is 6.94. The molecule has 3 aromatic rings. The number of ether oxygens (including phenoxy) is 2. The first-order valence-corrected chi connectivity index (χ1v) is 11.6. The lowest BCUT2D eigenvalue weighted by Gasteiger charge is -2.17. The first-order valence-electron chi connectivity index (χ1n) is 10.7. The van der Waals surface area contributed by atoms with Crippen LogP contribution < -0.4 is 14.8 Å². The summed E-state index contributed by atoms with van der Waals surface area (Å²) in [6.45, 7) is 5.47. The Morgan fingerprint density at radius 3 is 2.51 bits per heavy atom. The summed E-state index contributed by atoms with van der Waals surface area (Å²) >= 11 is 1.55. The molecule has 182 valence electrons. The van der Waals surface area contributed by atoms with Crippen molar-refractivity contribution in [2.24, 2.45) is 0 Å². The highest BCUT2D eigenvalue weighted by Gasteiger charge is 2.22. The summed E-state index contributed by atoms with van der Waals surface area (Å²) in [4.78, 5) is 35.6. The number of carbonyl (C=O) groups excluding carboxylic acids is 1. The van der Waals surface area contributed by atoms with E-state index in [1.807, 2.05) is 35.9 Å². The largest absolute Gasteiger partial charge is 0.493 e. The fraction of sp³-hybridized carbons (Fsp3) is 0.192. The average Bonchev–Trinajstić information content (AvgIpc) is 3.34. The Bertz CT molecular complexity index is 1220. The van der Waals surface area contributed by atoms with Gasteiger partial charge in [-0.15, -0.1) is 0 Å². The van der Waals surface area contributed by atoms with Crippen molar-refractivity contribution in [3.63, 3.8) is 0 Å². The summed E-state index contributed by atoms with van der Waals surface area (Å²) in [6.07, 6.45) is 0.156. The molecule has 2 aromatic carbocycles. The Labute approximate surface area is 206 Å². The summed E-state index contributed by atoms with van der Waals surface area (Å²) in [5.74, 6) is -3.28. The highest BCUT2D eigenvalue weighted by Crippen LogP contribution is 2.28. The van der Waals surface area contributed by atoms with Gasteiger partial charge in [0, 0.05) is 6.07 Å². The molecular formula is C26H25NO7S. The molecule has 0 aliphatic carbocycles. The van der Waals surface area contributed by atoms with Crippen LogP contribution in [-0.2, 0) is 16.2 Å². The molecule has 0 aliphatic heterocycles. The van der Waals surface area contributed by atoms with Crippen molar-refractivity contribution >= 4 is 29.2 Å². The summed E-state index contributed by atoms with van der Waals surface area (Å²) in [7, 11) is 0. The van der Waals surface area contributed by atoms with E-state index in [0.717, 1.165) is 11.1 Å². The van der Waals surface area contributed by atoms with Crippen LogP contribution in [0, 0.1) is 6.92 Å². The van der Waals surface area contributed by atoms with E-state index in [1.165, 1.54) is 12.1 Å². The minimum Gasteiger partial charge on any atom is -0.493 e. The monoisotopic (exact) mass is 495 g/mol. The van der Waals surface area contributed by atoms with Crippen molar-refractivity contribution < 1.29 is 34.1 Å². The van der Waals surface area contributed by atoms with Gasteiger partial charge in [0.15, 0.2) is 0 Å². The van der Waals surface area contributed by atoms with Gasteiger partial charge < -0.3 is 25.0 Å². The molecule has 0 bridgehead atoms. The molecule has 8 nitrogen and oxygen atoms in total. The second kappa shape index (κ2) is 11.8. The molecule has 1 heterocycles. The number of hydrogen-bond donors (Lipinski definition) is 3. The van der Waals surface area contributed by atoms with Crippen molar-refractivity contribution in [3.05, 3.63) is 93.8 Å². The molecule has 3 rings (SSSR count). The van der Waals surface area contributed by atoms with Gasteiger partial charge in [0.2, 0.25) is 0 Å². The summed E-state index contributed by atoms with van der Waals surface area (Å²) in [5, 5.41) is 24.9. The minimum absolute atomic E-state index is 0.000554. The lowest BCUT2D eigenvalue weighted by atomic mass is 9.92. The molecule has 0 aliphatic rings. The smallest absolute Gasteiger partial charge is 0.351 e. The topological polar surface area (TPSA) is 122 Å². The summed E-state index contributed by atoms with van der Waals surface area (Å²) in [5.41, 5.74) is 2.12. The van der Waals surface area contributed by atoms with Gasteiger partial charge in [0.25, 0.3) is 5.91 Å². The van der Waals surface area contributed by atoms with Crippen LogP contribution in [0.1, 0.15) is 39.4 Å². The van der Waals surface area contributed by atoms with Crippen molar-refractivity contribution in [2.75, 3.05) is 6.61 Å². The number of benzene rings is 2. The van der Waals surface area contributed by atoms with Gasteiger partial charge in [-0.25, -0.2) is 4.79 Å². The van der Waals surface area contributed by atoms with Crippen LogP contribution >= 0.6 is 11.3 Å². The number of nitrogens with one attached hydrogen (secondary N) is 1. The van der Waals surface area contributed by atoms with Crippen molar-refractivity contribution in [1.29, 1.82) is 0 Å². The van der Waals surface area contributed by atoms with E-state index in [9.17, 15) is 19.5 Å². The van der Waals surface area contributed by atoms with Crippen LogP contribution in [-0.4, -0.2) is 34.7 Å². The van der Waals surface area contributed by atoms with Gasteiger partial charge in [0.05, 0.1) is 18.1 Å². The third-order valence-corrected chi connectivity index (χ3v) is 5.96. The Kier molecular flexibility index (Phi) is 8.63. The fourth-order valence-corrected chi connectivity index (χ4v) is 4.03. The minimum atomic E-state index is -1.36. The van der Waals surface area contributed by atoms with E-state index in [0.29, 0.717) is 17.9 Å². The maximum absolute atomic E-state index is 12.7. The van der Waals surface area contributed by atoms with Crippen LogP contribution in [0.25, 0.3) is 0 Å². The summed E-state index contributed by atoms with van der Waals surface area (Å²) in [6, 6.07) is 13.7. The van der Waals surface area contributed by atoms with Crippen LogP contribution in [0.3, 0.4) is 0 Å². The zero-order chi connectivity index (χ0) is 25.4. The Morgan fingerprint density at radius 1 is 1.09 bits per heavy atom. The quantitative estimate of drug-likeness (QED) is 0.314. The van der Waals surface area contributed by atoms with Crippen LogP contribution in [0.2, 0.25) is 0 Å². The number of hydrogen-bond acceptors (Lipinski definition) is 6. The highest BCUT2D eigenvalue weighted by molar-refractivity contribution is 7.07. The second-order valence-corrected chi connectivity index (χ2v) is 8.48. The van der Waals surface area contributed by atoms with Gasteiger partial charge in [-0.3, -0.25) is 9.59 Å². The zero-order valence-corrected chi connectivity index (χ0v) is 19.8. The lowest BCUT2D eigenvalue weighted by Crippen LogP contribution is -2.27. The number of carboxylic acid groups (broad SMARTS) is 2. The van der Waals surface area contributed by atoms with Crippen LogP contribution in [0.15, 0.2) is 71.6 Å². The fourth-order valence-electron chi connectivity index (χ4n) is 3.38. The second-order valence-electron chi connectivity index (χ2n) is 7.70. The van der Waals surface area contributed by atoms with E-state index in [-0.39, 0.29) is 24.3 Å². The number of aryl methyl sites for hydroxylation is 1. The zero-order valence-electron chi connectivity index (χ0n) is 19.0. The van der Waals surface area contributed by atoms with Crippen LogP contribution in [0.5, 0.6) is 11.5 Å². The molecule has 1 aromatic heterocycles. The number of thiophene rings is 1. The first-order chi connectivity index (χ1) is 16.8. The Hall–Kier alpha value is -4.11. The van der Waals surface area contributed by atoms with Crippen LogP contribution in [0.4, 0.5) is 0 Å². The molecule has 1 atom stereocenters. The van der Waals surface area contributed by atoms with Crippen molar-refractivity contribution in [3.8, 4) is 11.5 Å². The number of rotatable bonds is 12. The molecule has 0 saturated carbocycles. The summed E-state index contributed by atoms with van der Waals surface area (Å²) < 4.78 is 11.6. The van der Waals surface area contributed by atoms with Gasteiger partial charge in [-0.1, -0.05) is 30.8 Å². The van der Waals surface area contributed by atoms with Gasteiger partial charge in [0.1, 0.15) is 23.8 Å². The van der Waals surface area contributed by atoms with Gasteiger partial charge in [-0.05, 0) is 59.0 Å². The van der Waals surface area contributed by atoms with E-state index in [4.69, 9.17) is 14.6 Å². The average molecular weight is 496 g/mol. The molecule has 9 heteroatoms. The molecule has 0 radical (unpaired) electrons. The molecule has 0 fully saturated rings. The normalized spacial score (nSPS) is 11.3. The SMILES string of the molecule is C=C(NC(=O)c1ccc(OCc2ccsc2)cc1OCCC(C(=O)O)c1ccccc1C)C(=O)O. The van der Waals surface area contributed by atoms with E-state index in [1.54, 1.807) is 29.5 Å². The van der Waals surface area contributed by atoms with Gasteiger partial charge >= 0.3 is 11.9 Å². The maximum Gasteiger partial charge on any atom is 0.351 e. The van der Waals surface area contributed by atoms with E-state index < -0.39 is 29.5 Å². The highest BCUT2D eigenvalue weighted by atomic mass is 32.1.